The molecule has 1 aliphatic carbocycles. The van der Waals surface area contributed by atoms with Gasteiger partial charge in [0.1, 0.15) is 12.6 Å². The lowest BCUT2D eigenvalue weighted by atomic mass is 10.1. The average Bonchev–Trinajstić information content (AvgIpc) is 3.58. The van der Waals surface area contributed by atoms with E-state index >= 15 is 0 Å². The van der Waals surface area contributed by atoms with Gasteiger partial charge in [-0.05, 0) is 74.2 Å². The van der Waals surface area contributed by atoms with E-state index in [-0.39, 0.29) is 24.4 Å². The molecule has 10 nitrogen and oxygen atoms in total. The van der Waals surface area contributed by atoms with Crippen molar-refractivity contribution >= 4 is 17.5 Å². The molecule has 2 amide bonds. The van der Waals surface area contributed by atoms with Crippen LogP contribution in [0, 0.1) is 13.8 Å². The second-order valence-electron chi connectivity index (χ2n) is 9.36. The van der Waals surface area contributed by atoms with Crippen LogP contribution in [0.3, 0.4) is 0 Å². The first kappa shape index (κ1) is 26.1. The maximum absolute atomic E-state index is 13.7. The molecule has 0 aliphatic heterocycles. The number of aryl methyl sites for hydroxylation is 1. The van der Waals surface area contributed by atoms with Crippen molar-refractivity contribution in [2.24, 2.45) is 0 Å². The van der Waals surface area contributed by atoms with Gasteiger partial charge in [0, 0.05) is 17.3 Å². The Bertz CT molecular complexity index is 1270. The molecule has 1 N–H and O–H groups in total. The zero-order valence-electron chi connectivity index (χ0n) is 22.0. The Morgan fingerprint density at radius 2 is 1.84 bits per heavy atom. The molecule has 4 rings (SSSR count). The van der Waals surface area contributed by atoms with Gasteiger partial charge in [-0.2, -0.15) is 4.80 Å². The summed E-state index contributed by atoms with van der Waals surface area (Å²) in [5.74, 6) is 0.996. The quantitative estimate of drug-likeness (QED) is 0.473. The van der Waals surface area contributed by atoms with Crippen molar-refractivity contribution in [3.05, 3.63) is 47.5 Å². The SMILES string of the molecule is COc1ccc(-c2nnn(CC(=O)N(c3cccc(C)c3C)C(C)C(=O)NC3CCCC3)n2)cc1OC. The van der Waals surface area contributed by atoms with Crippen LogP contribution in [0.2, 0.25) is 0 Å². The number of nitrogens with zero attached hydrogens (tertiary/aromatic N) is 5. The van der Waals surface area contributed by atoms with E-state index in [2.05, 4.69) is 20.7 Å². The van der Waals surface area contributed by atoms with E-state index in [1.165, 1.54) is 4.80 Å². The van der Waals surface area contributed by atoms with Gasteiger partial charge in [0.05, 0.1) is 14.2 Å². The third-order valence-electron chi connectivity index (χ3n) is 6.94. The summed E-state index contributed by atoms with van der Waals surface area (Å²) in [4.78, 5) is 29.7. The highest BCUT2D eigenvalue weighted by atomic mass is 16.5. The fraction of sp³-hybridized carbons (Fsp3) is 0.444. The zero-order valence-corrected chi connectivity index (χ0v) is 22.0. The summed E-state index contributed by atoms with van der Waals surface area (Å²) in [5.41, 5.74) is 3.34. The molecule has 2 aromatic carbocycles. The summed E-state index contributed by atoms with van der Waals surface area (Å²) in [6.45, 7) is 5.52. The van der Waals surface area contributed by atoms with E-state index in [0.717, 1.165) is 36.8 Å². The number of aromatic nitrogens is 4. The molecule has 1 aromatic heterocycles. The molecule has 1 atom stereocenters. The first-order valence-corrected chi connectivity index (χ1v) is 12.5. The molecule has 10 heteroatoms. The smallest absolute Gasteiger partial charge is 0.251 e. The maximum atomic E-state index is 13.7. The highest BCUT2D eigenvalue weighted by molar-refractivity contribution is 6.01. The summed E-state index contributed by atoms with van der Waals surface area (Å²) in [5, 5.41) is 15.7. The Balaban J connectivity index is 1.58. The number of rotatable bonds is 9. The van der Waals surface area contributed by atoms with Gasteiger partial charge < -0.3 is 14.8 Å². The molecular weight excluding hydrogens is 472 g/mol. The Labute approximate surface area is 216 Å². The van der Waals surface area contributed by atoms with Gasteiger partial charge in [0.15, 0.2) is 11.5 Å². The van der Waals surface area contributed by atoms with E-state index in [4.69, 9.17) is 9.47 Å². The molecular formula is C27H34N6O4. The largest absolute Gasteiger partial charge is 0.493 e. The number of benzene rings is 2. The van der Waals surface area contributed by atoms with Gasteiger partial charge in [0.2, 0.25) is 11.7 Å². The van der Waals surface area contributed by atoms with Gasteiger partial charge in [-0.25, -0.2) is 0 Å². The first-order chi connectivity index (χ1) is 17.8. The van der Waals surface area contributed by atoms with Gasteiger partial charge in [-0.3, -0.25) is 14.5 Å². The van der Waals surface area contributed by atoms with Crippen molar-refractivity contribution in [2.75, 3.05) is 19.1 Å². The second kappa shape index (κ2) is 11.4. The summed E-state index contributed by atoms with van der Waals surface area (Å²) in [7, 11) is 3.12. The average molecular weight is 507 g/mol. The van der Waals surface area contributed by atoms with Crippen molar-refractivity contribution < 1.29 is 19.1 Å². The van der Waals surface area contributed by atoms with E-state index in [1.54, 1.807) is 44.2 Å². The molecule has 1 saturated carbocycles. The fourth-order valence-electron chi connectivity index (χ4n) is 4.66. The van der Waals surface area contributed by atoms with Crippen LogP contribution < -0.4 is 19.7 Å². The molecule has 37 heavy (non-hydrogen) atoms. The minimum absolute atomic E-state index is 0.159. The number of methoxy groups -OCH3 is 2. The fourth-order valence-corrected chi connectivity index (χ4v) is 4.66. The van der Waals surface area contributed by atoms with E-state index in [0.29, 0.717) is 28.6 Å². The van der Waals surface area contributed by atoms with Crippen LogP contribution in [0.15, 0.2) is 36.4 Å². The van der Waals surface area contributed by atoms with Crippen LogP contribution in [0.25, 0.3) is 11.4 Å². The molecule has 1 heterocycles. The van der Waals surface area contributed by atoms with Crippen LogP contribution in [-0.2, 0) is 16.1 Å². The number of carbonyl (C=O) groups is 2. The Kier molecular flexibility index (Phi) is 8.05. The molecule has 0 saturated heterocycles. The second-order valence-corrected chi connectivity index (χ2v) is 9.36. The third-order valence-corrected chi connectivity index (χ3v) is 6.94. The number of tetrazole rings is 1. The van der Waals surface area contributed by atoms with E-state index in [1.807, 2.05) is 32.0 Å². The highest BCUT2D eigenvalue weighted by Gasteiger charge is 2.31. The topological polar surface area (TPSA) is 111 Å². The van der Waals surface area contributed by atoms with Crippen molar-refractivity contribution in [3.8, 4) is 22.9 Å². The monoisotopic (exact) mass is 506 g/mol. The van der Waals surface area contributed by atoms with E-state index in [9.17, 15) is 9.59 Å². The summed E-state index contributed by atoms with van der Waals surface area (Å²) >= 11 is 0. The van der Waals surface area contributed by atoms with Crippen LogP contribution in [-0.4, -0.2) is 58.3 Å². The van der Waals surface area contributed by atoms with Crippen LogP contribution in [0.5, 0.6) is 11.5 Å². The molecule has 0 spiro atoms. The number of hydrogen-bond donors (Lipinski definition) is 1. The first-order valence-electron chi connectivity index (χ1n) is 12.5. The van der Waals surface area contributed by atoms with Gasteiger partial charge in [-0.15, -0.1) is 10.2 Å². The van der Waals surface area contributed by atoms with Crippen LogP contribution in [0.4, 0.5) is 5.69 Å². The predicted octanol–water partition coefficient (Wildman–Crippen LogP) is 3.45. The van der Waals surface area contributed by atoms with Crippen molar-refractivity contribution in [2.45, 2.75) is 65.1 Å². The van der Waals surface area contributed by atoms with Crippen LogP contribution in [0.1, 0.15) is 43.7 Å². The number of hydrogen-bond acceptors (Lipinski definition) is 7. The van der Waals surface area contributed by atoms with Gasteiger partial charge in [0.25, 0.3) is 5.91 Å². The lowest BCUT2D eigenvalue weighted by molar-refractivity contribution is -0.127. The Hall–Kier alpha value is -3.95. The normalized spacial score (nSPS) is 14.3. The van der Waals surface area contributed by atoms with Crippen LogP contribution >= 0.6 is 0 Å². The van der Waals surface area contributed by atoms with Gasteiger partial charge >= 0.3 is 0 Å². The molecule has 3 aromatic rings. The predicted molar refractivity (Wildman–Crippen MR) is 140 cm³/mol. The number of amides is 2. The summed E-state index contributed by atoms with van der Waals surface area (Å²) in [6.07, 6.45) is 4.16. The summed E-state index contributed by atoms with van der Waals surface area (Å²) < 4.78 is 10.6. The Morgan fingerprint density at radius 1 is 1.11 bits per heavy atom. The van der Waals surface area contributed by atoms with Crippen molar-refractivity contribution in [1.29, 1.82) is 0 Å². The molecule has 196 valence electrons. The zero-order chi connectivity index (χ0) is 26.5. The molecule has 1 fully saturated rings. The number of anilines is 1. The Morgan fingerprint density at radius 3 is 2.54 bits per heavy atom. The minimum atomic E-state index is -0.706. The molecule has 0 bridgehead atoms. The third kappa shape index (κ3) is 5.73. The molecule has 1 aliphatic rings. The highest BCUT2D eigenvalue weighted by Crippen LogP contribution is 2.31. The number of nitrogens with one attached hydrogen (secondary N) is 1. The lowest BCUT2D eigenvalue weighted by Crippen LogP contribution is -2.51. The maximum Gasteiger partial charge on any atom is 0.251 e. The number of carbonyl (C=O) groups excluding carboxylic acids is 2. The lowest BCUT2D eigenvalue weighted by Gasteiger charge is -2.31. The summed E-state index contributed by atoms with van der Waals surface area (Å²) in [6, 6.07) is 10.5. The molecule has 0 radical (unpaired) electrons. The van der Waals surface area contributed by atoms with Crippen molar-refractivity contribution in [1.82, 2.24) is 25.5 Å². The van der Waals surface area contributed by atoms with Gasteiger partial charge in [-0.1, -0.05) is 25.0 Å². The van der Waals surface area contributed by atoms with Crippen molar-refractivity contribution in [3.63, 3.8) is 0 Å². The van der Waals surface area contributed by atoms with E-state index < -0.39 is 6.04 Å². The number of ether oxygens (including phenoxy) is 2. The molecule has 1 unspecified atom stereocenters. The minimum Gasteiger partial charge on any atom is -0.493 e. The standard InChI is InChI=1S/C27H34N6O4/c1-17-9-8-12-22(18(17)2)33(19(3)27(35)28-21-10-6-7-11-21)25(34)16-32-30-26(29-31-32)20-13-14-23(36-4)24(15-20)37-5/h8-9,12-15,19,21H,6-7,10-11,16H2,1-5H3,(H,28,35).